The van der Waals surface area contributed by atoms with Crippen molar-refractivity contribution in [3.63, 3.8) is 0 Å². The Morgan fingerprint density at radius 3 is 1.11 bits per heavy atom. The van der Waals surface area contributed by atoms with E-state index >= 15 is 0 Å². The van der Waals surface area contributed by atoms with Crippen LogP contribution in [0.3, 0.4) is 0 Å². The molecule has 1 fully saturated rings. The molecule has 3 heteroatoms. The standard InChI is InChI=1S/C6H15N3/c1-7-4-8(2)6-9(3)5-7/h4-6H2,1-3H3. The van der Waals surface area contributed by atoms with Crippen molar-refractivity contribution in [3.8, 4) is 0 Å². The molecule has 0 atom stereocenters. The second-order valence-electron chi connectivity index (χ2n) is 2.99. The minimum absolute atomic E-state index is 1.09. The molecule has 1 aliphatic heterocycles. The third-order valence-electron chi connectivity index (χ3n) is 1.45. The lowest BCUT2D eigenvalue weighted by Gasteiger charge is -2.36. The molecule has 0 saturated carbocycles. The minimum Gasteiger partial charge on any atom is -0.280 e. The molecule has 0 amide bonds. The third-order valence-corrected chi connectivity index (χ3v) is 1.45. The van der Waals surface area contributed by atoms with Gasteiger partial charge in [-0.3, -0.25) is 14.7 Å². The van der Waals surface area contributed by atoms with Crippen LogP contribution in [0, 0.1) is 0 Å². The predicted octanol–water partition coefficient (Wildman–Crippen LogP) is -0.332. The van der Waals surface area contributed by atoms with Crippen LogP contribution in [-0.4, -0.2) is 55.8 Å². The van der Waals surface area contributed by atoms with Crippen LogP contribution in [0.4, 0.5) is 0 Å². The quantitative estimate of drug-likeness (QED) is 0.443. The van der Waals surface area contributed by atoms with Gasteiger partial charge in [-0.25, -0.2) is 0 Å². The normalized spacial score (nSPS) is 27.0. The van der Waals surface area contributed by atoms with Crippen molar-refractivity contribution in [2.75, 3.05) is 41.1 Å². The highest BCUT2D eigenvalue weighted by Crippen LogP contribution is 1.98. The Bertz CT molecular complexity index is 69.3. The van der Waals surface area contributed by atoms with E-state index in [4.69, 9.17) is 0 Å². The lowest BCUT2D eigenvalue weighted by atomic mass is 10.6. The Kier molecular flexibility index (Phi) is 2.05. The fraction of sp³-hybridized carbons (Fsp3) is 1.00. The predicted molar refractivity (Wildman–Crippen MR) is 37.9 cm³/mol. The van der Waals surface area contributed by atoms with Gasteiger partial charge in [-0.1, -0.05) is 0 Å². The highest BCUT2D eigenvalue weighted by Gasteiger charge is 2.13. The molecule has 1 aliphatic rings. The SMILES string of the molecule is CN1CN(C)CN(C)C1. The summed E-state index contributed by atoms with van der Waals surface area (Å²) in [6.45, 7) is 3.26. The number of nitrogens with zero attached hydrogens (tertiary/aromatic N) is 3. The number of hydrogen-bond acceptors (Lipinski definition) is 3. The van der Waals surface area contributed by atoms with E-state index in [1.165, 1.54) is 0 Å². The van der Waals surface area contributed by atoms with Gasteiger partial charge in [0.05, 0.1) is 20.0 Å². The second kappa shape index (κ2) is 2.64. The van der Waals surface area contributed by atoms with Crippen LogP contribution in [0.1, 0.15) is 0 Å². The Morgan fingerprint density at radius 1 is 0.667 bits per heavy atom. The van der Waals surface area contributed by atoms with E-state index in [2.05, 4.69) is 35.8 Å². The van der Waals surface area contributed by atoms with Gasteiger partial charge in [0.1, 0.15) is 0 Å². The summed E-state index contributed by atoms with van der Waals surface area (Å²) in [6.07, 6.45) is 0. The van der Waals surface area contributed by atoms with Gasteiger partial charge in [0.15, 0.2) is 0 Å². The Balaban J connectivity index is 2.34. The summed E-state index contributed by atoms with van der Waals surface area (Å²) in [5, 5.41) is 0. The van der Waals surface area contributed by atoms with Crippen molar-refractivity contribution in [1.82, 2.24) is 14.7 Å². The summed E-state index contributed by atoms with van der Waals surface area (Å²) < 4.78 is 0. The molecule has 0 aromatic heterocycles. The van der Waals surface area contributed by atoms with Crippen LogP contribution < -0.4 is 0 Å². The molecule has 0 aliphatic carbocycles. The maximum absolute atomic E-state index is 2.28. The van der Waals surface area contributed by atoms with E-state index < -0.39 is 0 Å². The van der Waals surface area contributed by atoms with Gasteiger partial charge >= 0.3 is 0 Å². The van der Waals surface area contributed by atoms with Crippen molar-refractivity contribution in [2.24, 2.45) is 0 Å². The minimum atomic E-state index is 1.09. The first-order valence-corrected chi connectivity index (χ1v) is 3.24. The van der Waals surface area contributed by atoms with Crippen LogP contribution in [-0.2, 0) is 0 Å². The van der Waals surface area contributed by atoms with E-state index in [0.717, 1.165) is 20.0 Å². The molecule has 0 radical (unpaired) electrons. The molecule has 1 heterocycles. The third kappa shape index (κ3) is 1.93. The molecule has 0 bridgehead atoms. The summed E-state index contributed by atoms with van der Waals surface area (Å²) in [4.78, 5) is 6.84. The Hall–Kier alpha value is -0.120. The molecular formula is C6H15N3. The molecular weight excluding hydrogens is 114 g/mol. The first-order valence-electron chi connectivity index (χ1n) is 3.24. The molecule has 0 aromatic rings. The lowest BCUT2D eigenvalue weighted by Crippen LogP contribution is -2.50. The molecule has 3 nitrogen and oxygen atoms in total. The van der Waals surface area contributed by atoms with Gasteiger partial charge in [0.2, 0.25) is 0 Å². The molecule has 0 unspecified atom stereocenters. The summed E-state index contributed by atoms with van der Waals surface area (Å²) in [5.41, 5.74) is 0. The Morgan fingerprint density at radius 2 is 0.889 bits per heavy atom. The van der Waals surface area contributed by atoms with Gasteiger partial charge in [0.25, 0.3) is 0 Å². The molecule has 0 N–H and O–H groups in total. The van der Waals surface area contributed by atoms with Crippen molar-refractivity contribution in [2.45, 2.75) is 0 Å². The lowest BCUT2D eigenvalue weighted by molar-refractivity contribution is 0.0149. The van der Waals surface area contributed by atoms with E-state index in [1.54, 1.807) is 0 Å². The zero-order chi connectivity index (χ0) is 6.85. The van der Waals surface area contributed by atoms with E-state index in [0.29, 0.717) is 0 Å². The van der Waals surface area contributed by atoms with Gasteiger partial charge in [-0.15, -0.1) is 0 Å². The van der Waals surface area contributed by atoms with Crippen LogP contribution in [0.2, 0.25) is 0 Å². The average Bonchev–Trinajstić information content (AvgIpc) is 1.59. The highest BCUT2D eigenvalue weighted by atomic mass is 15.5. The van der Waals surface area contributed by atoms with Crippen LogP contribution >= 0.6 is 0 Å². The highest BCUT2D eigenvalue weighted by molar-refractivity contribution is 4.58. The van der Waals surface area contributed by atoms with Crippen LogP contribution in [0.25, 0.3) is 0 Å². The topological polar surface area (TPSA) is 9.72 Å². The fourth-order valence-electron chi connectivity index (χ4n) is 1.37. The Labute approximate surface area is 56.8 Å². The van der Waals surface area contributed by atoms with Gasteiger partial charge in [-0.2, -0.15) is 0 Å². The molecule has 0 spiro atoms. The molecule has 1 rings (SSSR count). The zero-order valence-corrected chi connectivity index (χ0v) is 6.46. The molecule has 1 saturated heterocycles. The smallest absolute Gasteiger partial charge is 0.0523 e. The van der Waals surface area contributed by atoms with Crippen molar-refractivity contribution < 1.29 is 0 Å². The number of hydrogen-bond donors (Lipinski definition) is 0. The van der Waals surface area contributed by atoms with Crippen LogP contribution in [0.15, 0.2) is 0 Å². The van der Waals surface area contributed by atoms with E-state index in [1.807, 2.05) is 0 Å². The van der Waals surface area contributed by atoms with E-state index in [-0.39, 0.29) is 0 Å². The summed E-state index contributed by atoms with van der Waals surface area (Å²) >= 11 is 0. The van der Waals surface area contributed by atoms with Crippen molar-refractivity contribution in [3.05, 3.63) is 0 Å². The zero-order valence-electron chi connectivity index (χ0n) is 6.46. The van der Waals surface area contributed by atoms with Gasteiger partial charge < -0.3 is 0 Å². The first kappa shape index (κ1) is 6.99. The van der Waals surface area contributed by atoms with Crippen LogP contribution in [0.5, 0.6) is 0 Å². The molecule has 54 valence electrons. The summed E-state index contributed by atoms with van der Waals surface area (Å²) in [6, 6.07) is 0. The molecule has 0 aromatic carbocycles. The van der Waals surface area contributed by atoms with Crippen molar-refractivity contribution in [1.29, 1.82) is 0 Å². The van der Waals surface area contributed by atoms with Gasteiger partial charge in [-0.05, 0) is 21.1 Å². The molecule has 9 heavy (non-hydrogen) atoms. The van der Waals surface area contributed by atoms with E-state index in [9.17, 15) is 0 Å². The first-order chi connectivity index (χ1) is 4.18. The number of rotatable bonds is 0. The summed E-state index contributed by atoms with van der Waals surface area (Å²) in [7, 11) is 6.39. The van der Waals surface area contributed by atoms with Gasteiger partial charge in [0, 0.05) is 0 Å². The largest absolute Gasteiger partial charge is 0.280 e. The van der Waals surface area contributed by atoms with Crippen molar-refractivity contribution >= 4 is 0 Å². The second-order valence-corrected chi connectivity index (χ2v) is 2.99. The maximum atomic E-state index is 2.28. The fourth-order valence-corrected chi connectivity index (χ4v) is 1.37. The maximum Gasteiger partial charge on any atom is 0.0523 e. The monoisotopic (exact) mass is 129 g/mol. The average molecular weight is 129 g/mol. The summed E-state index contributed by atoms with van der Waals surface area (Å²) in [5.74, 6) is 0.